The Balaban J connectivity index is 1.87. The van der Waals surface area contributed by atoms with Crippen LogP contribution < -0.4 is 4.90 Å². The summed E-state index contributed by atoms with van der Waals surface area (Å²) in [6.07, 6.45) is 3.52. The highest BCUT2D eigenvalue weighted by atomic mass is 16.2. The van der Waals surface area contributed by atoms with Gasteiger partial charge in [0, 0.05) is 25.3 Å². The highest BCUT2D eigenvalue weighted by molar-refractivity contribution is 6.20. The third-order valence-corrected chi connectivity index (χ3v) is 6.20. The smallest absolute Gasteiger partial charge is 0.333 e. The second-order valence-corrected chi connectivity index (χ2v) is 7.82. The van der Waals surface area contributed by atoms with Gasteiger partial charge in [-0.3, -0.25) is 19.4 Å². The second kappa shape index (κ2) is 6.66. The number of carbonyl (C=O) groups is 3. The van der Waals surface area contributed by atoms with Crippen LogP contribution in [0.5, 0.6) is 0 Å². The van der Waals surface area contributed by atoms with Crippen molar-refractivity contribution in [2.24, 2.45) is 5.41 Å². The molecule has 4 amide bonds. The lowest BCUT2D eigenvalue weighted by Gasteiger charge is -2.52. The number of hydrogen-bond donors (Lipinski definition) is 0. The van der Waals surface area contributed by atoms with E-state index in [0.29, 0.717) is 32.4 Å². The number of urea groups is 1. The molecule has 1 spiro atoms. The molecule has 0 aromatic heterocycles. The first-order valence-electron chi connectivity index (χ1n) is 10.1. The Bertz CT molecular complexity index is 763. The van der Waals surface area contributed by atoms with Gasteiger partial charge in [-0.1, -0.05) is 32.0 Å². The van der Waals surface area contributed by atoms with Crippen molar-refractivity contribution in [1.29, 1.82) is 0 Å². The van der Waals surface area contributed by atoms with E-state index in [4.69, 9.17) is 0 Å². The van der Waals surface area contributed by atoms with Crippen LogP contribution in [0.15, 0.2) is 24.3 Å². The molecule has 0 bridgehead atoms. The molecule has 1 aromatic rings. The molecule has 4 rings (SSSR count). The summed E-state index contributed by atoms with van der Waals surface area (Å²) >= 11 is 0. The first-order valence-corrected chi connectivity index (χ1v) is 10.1. The van der Waals surface area contributed by atoms with Crippen LogP contribution in [0.4, 0.5) is 10.5 Å². The standard InChI is InChI=1S/C21H27N3O3/c1-3-11-23-18(25)21(19(26)24(12-4-2)20(23)27)14-15-8-5-6-9-16(15)22-13-7-10-17(21)22/h5-6,8-9,17H,3-4,7,10-14H2,1-2H3. The molecule has 0 saturated carbocycles. The first-order chi connectivity index (χ1) is 13.1. The number of barbiturate groups is 1. The molecule has 6 nitrogen and oxygen atoms in total. The molecule has 1 atom stereocenters. The normalized spacial score (nSPS) is 23.9. The van der Waals surface area contributed by atoms with Gasteiger partial charge in [-0.15, -0.1) is 0 Å². The number of fused-ring (bicyclic) bond motifs is 4. The quantitative estimate of drug-likeness (QED) is 0.766. The Kier molecular flexibility index (Phi) is 4.44. The maximum Gasteiger partial charge on any atom is 0.333 e. The number of benzene rings is 1. The van der Waals surface area contributed by atoms with Crippen molar-refractivity contribution in [3.63, 3.8) is 0 Å². The Labute approximate surface area is 160 Å². The summed E-state index contributed by atoms with van der Waals surface area (Å²) in [6, 6.07) is 7.45. The summed E-state index contributed by atoms with van der Waals surface area (Å²) < 4.78 is 0. The Morgan fingerprint density at radius 1 is 1.00 bits per heavy atom. The minimum Gasteiger partial charge on any atom is -0.367 e. The molecule has 3 aliphatic rings. The number of carbonyl (C=O) groups excluding carboxylic acids is 3. The number of hydrogen-bond acceptors (Lipinski definition) is 4. The van der Waals surface area contributed by atoms with Gasteiger partial charge in [0.1, 0.15) is 0 Å². The third kappa shape index (κ3) is 2.42. The molecule has 144 valence electrons. The molecule has 1 unspecified atom stereocenters. The van der Waals surface area contributed by atoms with E-state index < -0.39 is 11.4 Å². The molecule has 0 aliphatic carbocycles. The van der Waals surface area contributed by atoms with E-state index in [1.807, 2.05) is 32.0 Å². The topological polar surface area (TPSA) is 60.9 Å². The third-order valence-electron chi connectivity index (χ3n) is 6.20. The SMILES string of the molecule is CCCN1C(=O)N(CCC)C(=O)C2(Cc3ccccc3N3CCCC32)C1=O. The summed E-state index contributed by atoms with van der Waals surface area (Å²) in [7, 11) is 0. The summed E-state index contributed by atoms with van der Waals surface area (Å²) in [5.41, 5.74) is 0.982. The minimum absolute atomic E-state index is 0.167. The van der Waals surface area contributed by atoms with E-state index in [0.717, 1.165) is 30.6 Å². The monoisotopic (exact) mass is 369 g/mol. The number of nitrogens with zero attached hydrogens (tertiary/aromatic N) is 3. The number of amides is 4. The van der Waals surface area contributed by atoms with Gasteiger partial charge in [-0.05, 0) is 43.7 Å². The van der Waals surface area contributed by atoms with Gasteiger partial charge in [0.25, 0.3) is 0 Å². The van der Waals surface area contributed by atoms with Crippen molar-refractivity contribution in [1.82, 2.24) is 9.80 Å². The van der Waals surface area contributed by atoms with E-state index in [1.165, 1.54) is 9.80 Å². The molecule has 0 N–H and O–H groups in total. The van der Waals surface area contributed by atoms with Gasteiger partial charge < -0.3 is 4.90 Å². The average molecular weight is 369 g/mol. The fourth-order valence-electron chi connectivity index (χ4n) is 5.10. The van der Waals surface area contributed by atoms with Gasteiger partial charge in [-0.25, -0.2) is 4.79 Å². The van der Waals surface area contributed by atoms with E-state index >= 15 is 0 Å². The molecule has 0 radical (unpaired) electrons. The summed E-state index contributed by atoms with van der Waals surface area (Å²) in [4.78, 5) is 45.1. The molecule has 3 aliphatic heterocycles. The average Bonchev–Trinajstić information content (AvgIpc) is 3.18. The second-order valence-electron chi connectivity index (χ2n) is 7.82. The van der Waals surface area contributed by atoms with Crippen molar-refractivity contribution in [3.05, 3.63) is 29.8 Å². The van der Waals surface area contributed by atoms with Gasteiger partial charge in [0.05, 0.1) is 6.04 Å². The predicted molar refractivity (Wildman–Crippen MR) is 102 cm³/mol. The van der Waals surface area contributed by atoms with Crippen LogP contribution in [0, 0.1) is 5.41 Å². The number of imide groups is 2. The molecule has 2 saturated heterocycles. The molecule has 3 heterocycles. The number of anilines is 1. The van der Waals surface area contributed by atoms with Gasteiger partial charge in [0.2, 0.25) is 11.8 Å². The maximum atomic E-state index is 13.6. The van der Waals surface area contributed by atoms with Crippen molar-refractivity contribution in [2.45, 2.75) is 52.0 Å². The Morgan fingerprint density at radius 3 is 2.26 bits per heavy atom. The van der Waals surface area contributed by atoms with Gasteiger partial charge >= 0.3 is 6.03 Å². The van der Waals surface area contributed by atoms with Gasteiger partial charge in [-0.2, -0.15) is 0 Å². The summed E-state index contributed by atoms with van der Waals surface area (Å²) in [5.74, 6) is -0.587. The van der Waals surface area contributed by atoms with Gasteiger partial charge in [0.15, 0.2) is 5.41 Å². The molecule has 6 heteroatoms. The largest absolute Gasteiger partial charge is 0.367 e. The predicted octanol–water partition coefficient (Wildman–Crippen LogP) is 2.81. The fourth-order valence-corrected chi connectivity index (χ4v) is 5.10. The highest BCUT2D eigenvalue weighted by Gasteiger charge is 2.64. The van der Waals surface area contributed by atoms with Crippen LogP contribution in [0.2, 0.25) is 0 Å². The van der Waals surface area contributed by atoms with Crippen LogP contribution in [0.1, 0.15) is 45.1 Å². The molecular weight excluding hydrogens is 342 g/mol. The minimum atomic E-state index is -1.18. The van der Waals surface area contributed by atoms with E-state index in [9.17, 15) is 14.4 Å². The maximum absolute atomic E-state index is 13.6. The Hall–Kier alpha value is -2.37. The summed E-state index contributed by atoms with van der Waals surface area (Å²) in [6.45, 7) is 5.47. The zero-order valence-corrected chi connectivity index (χ0v) is 16.1. The lowest BCUT2D eigenvalue weighted by molar-refractivity contribution is -0.161. The van der Waals surface area contributed by atoms with Crippen LogP contribution in [0.3, 0.4) is 0 Å². The molecule has 1 aromatic carbocycles. The summed E-state index contributed by atoms with van der Waals surface area (Å²) in [5, 5.41) is 0. The van der Waals surface area contributed by atoms with Crippen molar-refractivity contribution < 1.29 is 14.4 Å². The van der Waals surface area contributed by atoms with Crippen molar-refractivity contribution in [3.8, 4) is 0 Å². The molecule has 27 heavy (non-hydrogen) atoms. The zero-order chi connectivity index (χ0) is 19.2. The highest BCUT2D eigenvalue weighted by Crippen LogP contribution is 2.49. The lowest BCUT2D eigenvalue weighted by Crippen LogP contribution is -2.72. The number of para-hydroxylation sites is 1. The van der Waals surface area contributed by atoms with Crippen LogP contribution in [-0.4, -0.2) is 53.3 Å². The van der Waals surface area contributed by atoms with Crippen LogP contribution in [-0.2, 0) is 16.0 Å². The fraction of sp³-hybridized carbons (Fsp3) is 0.571. The lowest BCUT2D eigenvalue weighted by atomic mass is 9.68. The molecular formula is C21H27N3O3. The van der Waals surface area contributed by atoms with E-state index in [1.54, 1.807) is 0 Å². The molecule has 2 fully saturated rings. The Morgan fingerprint density at radius 2 is 1.63 bits per heavy atom. The van der Waals surface area contributed by atoms with Crippen molar-refractivity contribution >= 4 is 23.5 Å². The van der Waals surface area contributed by atoms with Crippen LogP contribution >= 0.6 is 0 Å². The van der Waals surface area contributed by atoms with Crippen molar-refractivity contribution in [2.75, 3.05) is 24.5 Å². The zero-order valence-electron chi connectivity index (χ0n) is 16.1. The first kappa shape index (κ1) is 18.0. The van der Waals surface area contributed by atoms with E-state index in [-0.39, 0.29) is 17.9 Å². The van der Waals surface area contributed by atoms with E-state index in [2.05, 4.69) is 11.0 Å². The van der Waals surface area contributed by atoms with Crippen LogP contribution in [0.25, 0.3) is 0 Å². The number of rotatable bonds is 4.